The molecule has 1 saturated carbocycles. The Morgan fingerprint density at radius 3 is 2.69 bits per heavy atom. The summed E-state index contributed by atoms with van der Waals surface area (Å²) in [7, 11) is 0. The van der Waals surface area contributed by atoms with Crippen LogP contribution in [-0.4, -0.2) is 54.3 Å². The highest BCUT2D eigenvalue weighted by Crippen LogP contribution is 2.43. The Labute approximate surface area is 176 Å². The van der Waals surface area contributed by atoms with Gasteiger partial charge >= 0.3 is 0 Å². The fraction of sp³-hybridized carbons (Fsp3) is 0.636. The molecular weight excluding hydrogens is 392 g/mol. The van der Waals surface area contributed by atoms with Gasteiger partial charge in [-0.2, -0.15) is 0 Å². The number of rotatable bonds is 4. The number of amides is 2. The smallest absolute Gasteiger partial charge is 0.258 e. The molecule has 1 N–H and O–H groups in total. The number of nitrogens with zero attached hydrogens (tertiary/aromatic N) is 1. The van der Waals surface area contributed by atoms with Crippen LogP contribution >= 0.6 is 11.6 Å². The minimum atomic E-state index is -0.728. The zero-order valence-corrected chi connectivity index (χ0v) is 17.6. The molecule has 0 aromatic heterocycles. The molecule has 0 radical (unpaired) electrons. The van der Waals surface area contributed by atoms with Crippen LogP contribution in [0.5, 0.6) is 0 Å². The molecule has 2 heterocycles. The lowest BCUT2D eigenvalue weighted by Gasteiger charge is -2.43. The first kappa shape index (κ1) is 20.6. The van der Waals surface area contributed by atoms with Crippen LogP contribution in [0.25, 0.3) is 0 Å². The van der Waals surface area contributed by atoms with E-state index in [0.29, 0.717) is 23.0 Å². The standard InChI is InChI=1S/C22H29ClN2O4/c1-15-8-10-22(11-9-15)25(21(27)17-6-2-3-7-18(17)23)19(14-29-22)20(26)24-13-16-5-4-12-28-16/h2-3,6-7,15-16,19H,4-5,8-14H2,1H3,(H,24,26). The summed E-state index contributed by atoms with van der Waals surface area (Å²) in [6, 6.07) is 6.34. The normalized spacial score (nSPS) is 31.9. The second kappa shape index (κ2) is 8.62. The third kappa shape index (κ3) is 4.16. The molecule has 7 heteroatoms. The van der Waals surface area contributed by atoms with Crippen LogP contribution in [0.15, 0.2) is 24.3 Å². The predicted molar refractivity (Wildman–Crippen MR) is 110 cm³/mol. The van der Waals surface area contributed by atoms with E-state index in [4.69, 9.17) is 21.1 Å². The largest absolute Gasteiger partial charge is 0.376 e. The van der Waals surface area contributed by atoms with Gasteiger partial charge in [-0.3, -0.25) is 14.5 Å². The summed E-state index contributed by atoms with van der Waals surface area (Å²) in [4.78, 5) is 28.3. The van der Waals surface area contributed by atoms with Crippen molar-refractivity contribution >= 4 is 23.4 Å². The van der Waals surface area contributed by atoms with Crippen LogP contribution in [0.4, 0.5) is 0 Å². The van der Waals surface area contributed by atoms with E-state index in [0.717, 1.165) is 45.1 Å². The maximum absolute atomic E-state index is 13.6. The molecule has 3 fully saturated rings. The Kier molecular flexibility index (Phi) is 6.13. The van der Waals surface area contributed by atoms with Crippen LogP contribution in [0.3, 0.4) is 0 Å². The molecule has 1 spiro atoms. The summed E-state index contributed by atoms with van der Waals surface area (Å²) in [5, 5.41) is 3.37. The Morgan fingerprint density at radius 1 is 1.24 bits per heavy atom. The lowest BCUT2D eigenvalue weighted by atomic mass is 9.83. The van der Waals surface area contributed by atoms with Gasteiger partial charge in [0.25, 0.3) is 5.91 Å². The van der Waals surface area contributed by atoms with Crippen molar-refractivity contribution in [3.8, 4) is 0 Å². The Bertz CT molecular complexity index is 757. The van der Waals surface area contributed by atoms with Crippen molar-refractivity contribution in [2.24, 2.45) is 5.92 Å². The molecule has 2 saturated heterocycles. The first-order valence-corrected chi connectivity index (χ1v) is 11.0. The first-order valence-electron chi connectivity index (χ1n) is 10.6. The highest BCUT2D eigenvalue weighted by atomic mass is 35.5. The van der Waals surface area contributed by atoms with E-state index in [1.54, 1.807) is 29.2 Å². The second-order valence-electron chi connectivity index (χ2n) is 8.49. The highest BCUT2D eigenvalue weighted by molar-refractivity contribution is 6.33. The van der Waals surface area contributed by atoms with E-state index < -0.39 is 11.8 Å². The maximum Gasteiger partial charge on any atom is 0.258 e. The van der Waals surface area contributed by atoms with E-state index in [2.05, 4.69) is 12.2 Å². The van der Waals surface area contributed by atoms with Gasteiger partial charge in [0, 0.05) is 13.2 Å². The van der Waals surface area contributed by atoms with E-state index in [9.17, 15) is 9.59 Å². The fourth-order valence-corrected chi connectivity index (χ4v) is 4.90. The summed E-state index contributed by atoms with van der Waals surface area (Å²) in [6.45, 7) is 3.63. The number of hydrogen-bond acceptors (Lipinski definition) is 4. The molecule has 2 unspecified atom stereocenters. The maximum atomic E-state index is 13.6. The van der Waals surface area contributed by atoms with Crippen molar-refractivity contribution in [3.63, 3.8) is 0 Å². The molecule has 3 aliphatic rings. The Balaban J connectivity index is 1.57. The Hall–Kier alpha value is -1.63. The van der Waals surface area contributed by atoms with Crippen LogP contribution in [0.2, 0.25) is 5.02 Å². The molecule has 2 atom stereocenters. The van der Waals surface area contributed by atoms with Gasteiger partial charge in [0.05, 0.1) is 23.3 Å². The molecule has 158 valence electrons. The van der Waals surface area contributed by atoms with Gasteiger partial charge < -0.3 is 14.8 Å². The minimum Gasteiger partial charge on any atom is -0.376 e. The van der Waals surface area contributed by atoms with Crippen molar-refractivity contribution in [1.82, 2.24) is 10.2 Å². The quantitative estimate of drug-likeness (QED) is 0.810. The zero-order valence-electron chi connectivity index (χ0n) is 16.9. The van der Waals surface area contributed by atoms with E-state index in [1.165, 1.54) is 0 Å². The molecule has 1 aromatic rings. The van der Waals surface area contributed by atoms with Crippen molar-refractivity contribution in [1.29, 1.82) is 0 Å². The van der Waals surface area contributed by atoms with Crippen LogP contribution in [0, 0.1) is 5.92 Å². The molecule has 2 aliphatic heterocycles. The van der Waals surface area contributed by atoms with Gasteiger partial charge in [0.15, 0.2) is 0 Å². The SMILES string of the molecule is CC1CCC2(CC1)OCC(C(=O)NCC1CCCO1)N2C(=O)c1ccccc1Cl. The van der Waals surface area contributed by atoms with Crippen molar-refractivity contribution in [2.75, 3.05) is 19.8 Å². The molecular formula is C22H29ClN2O4. The topological polar surface area (TPSA) is 67.9 Å². The second-order valence-corrected chi connectivity index (χ2v) is 8.90. The highest BCUT2D eigenvalue weighted by Gasteiger charge is 2.53. The van der Waals surface area contributed by atoms with Crippen LogP contribution in [-0.2, 0) is 14.3 Å². The van der Waals surface area contributed by atoms with E-state index in [-0.39, 0.29) is 24.5 Å². The average Bonchev–Trinajstić information content (AvgIpc) is 3.37. The van der Waals surface area contributed by atoms with Crippen molar-refractivity contribution in [3.05, 3.63) is 34.9 Å². The van der Waals surface area contributed by atoms with E-state index >= 15 is 0 Å². The zero-order chi connectivity index (χ0) is 20.4. The lowest BCUT2D eigenvalue weighted by Crippen LogP contribution is -2.57. The number of carbonyl (C=O) groups is 2. The lowest BCUT2D eigenvalue weighted by molar-refractivity contribution is -0.128. The molecule has 6 nitrogen and oxygen atoms in total. The third-order valence-corrected chi connectivity index (χ3v) is 6.80. The molecule has 0 bridgehead atoms. The number of ether oxygens (including phenoxy) is 2. The van der Waals surface area contributed by atoms with Crippen molar-refractivity contribution < 1.29 is 19.1 Å². The van der Waals surface area contributed by atoms with Gasteiger partial charge in [0.1, 0.15) is 11.8 Å². The molecule has 1 aromatic carbocycles. The number of nitrogens with one attached hydrogen (secondary N) is 1. The Morgan fingerprint density at radius 2 is 2.00 bits per heavy atom. The first-order chi connectivity index (χ1) is 14.0. The molecule has 29 heavy (non-hydrogen) atoms. The van der Waals surface area contributed by atoms with Gasteiger partial charge in [-0.15, -0.1) is 0 Å². The summed E-state index contributed by atoms with van der Waals surface area (Å²) in [6.07, 6.45) is 5.43. The number of carbonyl (C=O) groups excluding carboxylic acids is 2. The third-order valence-electron chi connectivity index (χ3n) is 6.47. The van der Waals surface area contributed by atoms with Crippen LogP contribution in [0.1, 0.15) is 55.8 Å². The average molecular weight is 421 g/mol. The number of halogens is 1. The molecule has 4 rings (SSSR count). The van der Waals surface area contributed by atoms with Gasteiger partial charge in [0.2, 0.25) is 5.91 Å². The summed E-state index contributed by atoms with van der Waals surface area (Å²) >= 11 is 6.32. The summed E-state index contributed by atoms with van der Waals surface area (Å²) < 4.78 is 11.8. The molecule has 2 amide bonds. The van der Waals surface area contributed by atoms with Gasteiger partial charge in [-0.1, -0.05) is 30.7 Å². The van der Waals surface area contributed by atoms with Crippen LogP contribution < -0.4 is 5.32 Å². The monoisotopic (exact) mass is 420 g/mol. The number of benzene rings is 1. The summed E-state index contributed by atoms with van der Waals surface area (Å²) in [5.74, 6) is 0.171. The predicted octanol–water partition coefficient (Wildman–Crippen LogP) is 3.38. The minimum absolute atomic E-state index is 0.0541. The van der Waals surface area contributed by atoms with Gasteiger partial charge in [-0.05, 0) is 56.6 Å². The fourth-order valence-electron chi connectivity index (χ4n) is 4.68. The van der Waals surface area contributed by atoms with Gasteiger partial charge in [-0.25, -0.2) is 0 Å². The van der Waals surface area contributed by atoms with Crippen molar-refractivity contribution in [2.45, 2.75) is 63.3 Å². The van der Waals surface area contributed by atoms with E-state index in [1.807, 2.05) is 0 Å². The molecule has 1 aliphatic carbocycles. The number of hydrogen-bond donors (Lipinski definition) is 1. The summed E-state index contributed by atoms with van der Waals surface area (Å²) in [5.41, 5.74) is -0.316.